The minimum absolute atomic E-state index is 0.0320. The quantitative estimate of drug-likeness (QED) is 0.217. The van der Waals surface area contributed by atoms with E-state index in [4.69, 9.17) is 9.72 Å². The Labute approximate surface area is 234 Å². The number of para-hydroxylation sites is 1. The van der Waals surface area contributed by atoms with Gasteiger partial charge in [-0.3, -0.25) is 14.2 Å². The number of ether oxygens (including phenoxy) is 1. The van der Waals surface area contributed by atoms with E-state index in [1.54, 1.807) is 17.7 Å². The minimum Gasteiger partial charge on any atom is -0.497 e. The van der Waals surface area contributed by atoms with Gasteiger partial charge in [0.2, 0.25) is 5.91 Å². The van der Waals surface area contributed by atoms with Gasteiger partial charge < -0.3 is 9.64 Å². The lowest BCUT2D eigenvalue weighted by Gasteiger charge is -2.33. The highest BCUT2D eigenvalue weighted by Crippen LogP contribution is 2.31. The number of carbonyl (C=O) groups excluding carboxylic acids is 1. The van der Waals surface area contributed by atoms with Crippen molar-refractivity contribution in [2.45, 2.75) is 32.2 Å². The fourth-order valence-electron chi connectivity index (χ4n) is 5.22. The van der Waals surface area contributed by atoms with Crippen molar-refractivity contribution in [1.82, 2.24) is 14.5 Å². The first-order valence-electron chi connectivity index (χ1n) is 13.6. The molecule has 0 saturated carbocycles. The summed E-state index contributed by atoms with van der Waals surface area (Å²) in [5.41, 5.74) is 2.93. The molecule has 1 unspecified atom stereocenters. The molecule has 40 heavy (non-hydrogen) atoms. The highest BCUT2D eigenvalue weighted by molar-refractivity contribution is 5.87. The molecule has 0 aliphatic heterocycles. The van der Waals surface area contributed by atoms with Crippen molar-refractivity contribution in [2.24, 2.45) is 0 Å². The van der Waals surface area contributed by atoms with E-state index in [1.165, 1.54) is 0 Å². The molecule has 0 aliphatic rings. The first-order chi connectivity index (χ1) is 19.5. The van der Waals surface area contributed by atoms with E-state index >= 15 is 0 Å². The molecular weight excluding hydrogens is 498 g/mol. The summed E-state index contributed by atoms with van der Waals surface area (Å²) in [5, 5.41) is 0.522. The molecule has 0 saturated heterocycles. The summed E-state index contributed by atoms with van der Waals surface area (Å²) in [6.07, 6.45) is 0.757. The maximum atomic E-state index is 14.5. The Hall–Kier alpha value is -4.71. The first kappa shape index (κ1) is 26.9. The molecule has 0 aliphatic carbocycles. The Balaban J connectivity index is 1.67. The molecule has 202 valence electrons. The van der Waals surface area contributed by atoms with Gasteiger partial charge in [0.05, 0.1) is 35.7 Å². The molecule has 1 aromatic heterocycles. The van der Waals surface area contributed by atoms with E-state index in [1.807, 2.05) is 115 Å². The SMILES string of the molecule is CCCN(C(=O)C(c1ccccc1)c1ccccc1)C(C)c1nc2ccccc2c(=O)n1-c1ccc(OC)cc1. The van der Waals surface area contributed by atoms with Crippen LogP contribution in [0.25, 0.3) is 16.6 Å². The van der Waals surface area contributed by atoms with Gasteiger partial charge in [0.1, 0.15) is 11.6 Å². The summed E-state index contributed by atoms with van der Waals surface area (Å²) in [6, 6.07) is 33.9. The molecule has 4 aromatic carbocycles. The molecule has 6 heteroatoms. The number of rotatable bonds is 9. The second-order valence-electron chi connectivity index (χ2n) is 9.79. The Morgan fingerprint density at radius 2 is 1.43 bits per heavy atom. The molecule has 1 atom stereocenters. The van der Waals surface area contributed by atoms with Gasteiger partial charge in [-0.1, -0.05) is 79.7 Å². The number of hydrogen-bond donors (Lipinski definition) is 0. The normalized spacial score (nSPS) is 11.9. The summed E-state index contributed by atoms with van der Waals surface area (Å²) < 4.78 is 6.97. The average Bonchev–Trinajstić information content (AvgIpc) is 3.01. The summed E-state index contributed by atoms with van der Waals surface area (Å²) in [4.78, 5) is 35.3. The van der Waals surface area contributed by atoms with Crippen LogP contribution in [0.4, 0.5) is 0 Å². The van der Waals surface area contributed by atoms with Gasteiger partial charge in [-0.25, -0.2) is 4.98 Å². The number of methoxy groups -OCH3 is 1. The smallest absolute Gasteiger partial charge is 0.266 e. The van der Waals surface area contributed by atoms with E-state index < -0.39 is 12.0 Å². The van der Waals surface area contributed by atoms with Gasteiger partial charge in [-0.2, -0.15) is 0 Å². The van der Waals surface area contributed by atoms with Crippen molar-refractivity contribution < 1.29 is 9.53 Å². The molecule has 6 nitrogen and oxygen atoms in total. The van der Waals surface area contributed by atoms with Crippen molar-refractivity contribution in [3.05, 3.63) is 136 Å². The molecule has 0 N–H and O–H groups in total. The molecule has 0 spiro atoms. The van der Waals surface area contributed by atoms with Gasteiger partial charge in [0, 0.05) is 6.54 Å². The number of fused-ring (bicyclic) bond motifs is 1. The van der Waals surface area contributed by atoms with Crippen molar-refractivity contribution in [1.29, 1.82) is 0 Å². The lowest BCUT2D eigenvalue weighted by Crippen LogP contribution is -2.40. The number of carbonyl (C=O) groups is 1. The summed E-state index contributed by atoms with van der Waals surface area (Å²) in [7, 11) is 1.61. The third-order valence-corrected chi connectivity index (χ3v) is 7.23. The molecule has 1 heterocycles. The highest BCUT2D eigenvalue weighted by atomic mass is 16.5. The standard InChI is InChI=1S/C34H33N3O3/c1-4-23-36(34(39)31(25-13-7-5-8-14-25)26-15-9-6-10-16-26)24(2)32-35-30-18-12-11-17-29(30)33(38)37(32)27-19-21-28(40-3)22-20-27/h5-22,24,31H,4,23H2,1-3H3. The Morgan fingerprint density at radius 1 is 0.850 bits per heavy atom. The monoisotopic (exact) mass is 531 g/mol. The maximum Gasteiger partial charge on any atom is 0.266 e. The Morgan fingerprint density at radius 3 is 2.00 bits per heavy atom. The van der Waals surface area contributed by atoms with Gasteiger partial charge in [-0.15, -0.1) is 0 Å². The third-order valence-electron chi connectivity index (χ3n) is 7.23. The summed E-state index contributed by atoms with van der Waals surface area (Å²) >= 11 is 0. The van der Waals surface area contributed by atoms with Crippen LogP contribution in [-0.2, 0) is 4.79 Å². The predicted octanol–water partition coefficient (Wildman–Crippen LogP) is 6.53. The fraction of sp³-hybridized carbons (Fsp3) is 0.206. The van der Waals surface area contributed by atoms with Crippen molar-refractivity contribution in [3.8, 4) is 11.4 Å². The lowest BCUT2D eigenvalue weighted by atomic mass is 9.89. The molecular formula is C34H33N3O3. The number of hydrogen-bond acceptors (Lipinski definition) is 4. The largest absolute Gasteiger partial charge is 0.497 e. The maximum absolute atomic E-state index is 14.5. The van der Waals surface area contributed by atoms with Crippen LogP contribution in [0.5, 0.6) is 5.75 Å². The molecule has 5 aromatic rings. The molecule has 5 rings (SSSR count). The van der Waals surface area contributed by atoms with E-state index in [-0.39, 0.29) is 11.5 Å². The average molecular weight is 532 g/mol. The number of nitrogens with zero attached hydrogens (tertiary/aromatic N) is 3. The zero-order valence-electron chi connectivity index (χ0n) is 23.0. The molecule has 1 amide bonds. The van der Waals surface area contributed by atoms with Crippen LogP contribution >= 0.6 is 0 Å². The van der Waals surface area contributed by atoms with E-state index in [2.05, 4.69) is 6.92 Å². The first-order valence-corrected chi connectivity index (χ1v) is 13.6. The van der Waals surface area contributed by atoms with Crippen LogP contribution in [0.1, 0.15) is 49.2 Å². The van der Waals surface area contributed by atoms with E-state index in [0.717, 1.165) is 17.5 Å². The van der Waals surface area contributed by atoms with Crippen LogP contribution in [-0.4, -0.2) is 34.0 Å². The van der Waals surface area contributed by atoms with Crippen LogP contribution < -0.4 is 10.3 Å². The van der Waals surface area contributed by atoms with Gasteiger partial charge >= 0.3 is 0 Å². The minimum atomic E-state index is -0.488. The van der Waals surface area contributed by atoms with E-state index in [0.29, 0.717) is 34.7 Å². The van der Waals surface area contributed by atoms with Crippen LogP contribution in [0.3, 0.4) is 0 Å². The second-order valence-corrected chi connectivity index (χ2v) is 9.79. The van der Waals surface area contributed by atoms with Crippen LogP contribution in [0, 0.1) is 0 Å². The zero-order valence-corrected chi connectivity index (χ0v) is 23.0. The van der Waals surface area contributed by atoms with Crippen LogP contribution in [0.2, 0.25) is 0 Å². The molecule has 0 fully saturated rings. The summed E-state index contributed by atoms with van der Waals surface area (Å²) in [6.45, 7) is 4.52. The third kappa shape index (κ3) is 5.25. The molecule has 0 radical (unpaired) electrons. The predicted molar refractivity (Wildman–Crippen MR) is 159 cm³/mol. The fourth-order valence-corrected chi connectivity index (χ4v) is 5.22. The van der Waals surface area contributed by atoms with Crippen molar-refractivity contribution in [2.75, 3.05) is 13.7 Å². The highest BCUT2D eigenvalue weighted by Gasteiger charge is 2.32. The van der Waals surface area contributed by atoms with E-state index in [9.17, 15) is 9.59 Å². The van der Waals surface area contributed by atoms with Crippen molar-refractivity contribution in [3.63, 3.8) is 0 Å². The number of amides is 1. The number of aromatic nitrogens is 2. The number of benzene rings is 4. The zero-order chi connectivity index (χ0) is 28.1. The van der Waals surface area contributed by atoms with Crippen LogP contribution in [0.15, 0.2) is 114 Å². The van der Waals surface area contributed by atoms with Gasteiger partial charge in [0.15, 0.2) is 0 Å². The Kier molecular flexibility index (Phi) is 8.06. The summed E-state index contributed by atoms with van der Waals surface area (Å²) in [5.74, 6) is 0.681. The van der Waals surface area contributed by atoms with Gasteiger partial charge in [0.25, 0.3) is 5.56 Å². The Bertz CT molecular complexity index is 1610. The van der Waals surface area contributed by atoms with Crippen molar-refractivity contribution >= 4 is 16.8 Å². The lowest BCUT2D eigenvalue weighted by molar-refractivity contribution is -0.134. The topological polar surface area (TPSA) is 64.4 Å². The van der Waals surface area contributed by atoms with Gasteiger partial charge in [-0.05, 0) is 60.9 Å². The second kappa shape index (κ2) is 12.0. The molecule has 0 bridgehead atoms.